The Kier molecular flexibility index (Phi) is 4.35. The molecule has 1 N–H and O–H groups in total. The molecular weight excluding hydrogens is 238 g/mol. The minimum atomic E-state index is -0.516. The standard InChI is InChI=1S/C16H25NO2/c1-11-8-9-17(12(2)10-11)14-6-5-7-15(19-4)16(14)13(3)18/h5-7,11-13,18H,8-10H2,1-4H3/t11?,12?,13-/m1/s1. The number of piperidine rings is 1. The van der Waals surface area contributed by atoms with Crippen molar-refractivity contribution in [2.75, 3.05) is 18.6 Å². The van der Waals surface area contributed by atoms with Gasteiger partial charge in [0.2, 0.25) is 0 Å². The molecule has 1 aromatic carbocycles. The van der Waals surface area contributed by atoms with Crippen LogP contribution in [0, 0.1) is 5.92 Å². The minimum Gasteiger partial charge on any atom is -0.496 e. The summed E-state index contributed by atoms with van der Waals surface area (Å²) >= 11 is 0. The van der Waals surface area contributed by atoms with Gasteiger partial charge in [0.25, 0.3) is 0 Å². The first-order valence-corrected chi connectivity index (χ1v) is 7.16. The third kappa shape index (κ3) is 2.86. The lowest BCUT2D eigenvalue weighted by Gasteiger charge is -2.39. The molecule has 0 spiro atoms. The number of aliphatic hydroxyl groups is 1. The zero-order valence-corrected chi connectivity index (χ0v) is 12.4. The number of nitrogens with zero attached hydrogens (tertiary/aromatic N) is 1. The van der Waals surface area contributed by atoms with E-state index in [1.807, 2.05) is 12.1 Å². The molecule has 3 atom stereocenters. The molecule has 1 aromatic rings. The van der Waals surface area contributed by atoms with Crippen LogP contribution in [0.5, 0.6) is 5.75 Å². The van der Waals surface area contributed by atoms with E-state index < -0.39 is 6.10 Å². The quantitative estimate of drug-likeness (QED) is 0.907. The predicted octanol–water partition coefficient (Wildman–Crippen LogP) is 3.37. The molecule has 19 heavy (non-hydrogen) atoms. The maximum atomic E-state index is 10.1. The summed E-state index contributed by atoms with van der Waals surface area (Å²) in [5.41, 5.74) is 2.03. The molecular formula is C16H25NO2. The van der Waals surface area contributed by atoms with Gasteiger partial charge >= 0.3 is 0 Å². The monoisotopic (exact) mass is 263 g/mol. The molecule has 0 bridgehead atoms. The number of benzene rings is 1. The van der Waals surface area contributed by atoms with Crippen LogP contribution in [0.1, 0.15) is 45.3 Å². The molecule has 0 aliphatic carbocycles. The van der Waals surface area contributed by atoms with Crippen molar-refractivity contribution in [1.29, 1.82) is 0 Å². The van der Waals surface area contributed by atoms with Crippen molar-refractivity contribution in [3.05, 3.63) is 23.8 Å². The SMILES string of the molecule is COc1cccc(N2CCC(C)CC2C)c1[C@@H](C)O. The number of hydrogen-bond donors (Lipinski definition) is 1. The van der Waals surface area contributed by atoms with Crippen molar-refractivity contribution in [3.8, 4) is 5.75 Å². The molecule has 2 rings (SSSR count). The second-order valence-corrected chi connectivity index (χ2v) is 5.74. The fraction of sp³-hybridized carbons (Fsp3) is 0.625. The molecule has 1 heterocycles. The maximum Gasteiger partial charge on any atom is 0.126 e. The van der Waals surface area contributed by atoms with Crippen LogP contribution in [0.2, 0.25) is 0 Å². The summed E-state index contributed by atoms with van der Waals surface area (Å²) in [4.78, 5) is 2.41. The summed E-state index contributed by atoms with van der Waals surface area (Å²) in [7, 11) is 1.66. The number of hydrogen-bond acceptors (Lipinski definition) is 3. The van der Waals surface area contributed by atoms with Gasteiger partial charge < -0.3 is 14.7 Å². The van der Waals surface area contributed by atoms with Crippen molar-refractivity contribution in [2.45, 2.75) is 45.8 Å². The number of methoxy groups -OCH3 is 1. The fourth-order valence-corrected chi connectivity index (χ4v) is 3.15. The Hall–Kier alpha value is -1.22. The van der Waals surface area contributed by atoms with E-state index in [-0.39, 0.29) is 0 Å². The van der Waals surface area contributed by atoms with Crippen LogP contribution >= 0.6 is 0 Å². The normalized spacial score (nSPS) is 25.2. The van der Waals surface area contributed by atoms with E-state index >= 15 is 0 Å². The van der Waals surface area contributed by atoms with Gasteiger partial charge in [0.05, 0.1) is 13.2 Å². The van der Waals surface area contributed by atoms with Gasteiger partial charge in [-0.25, -0.2) is 0 Å². The summed E-state index contributed by atoms with van der Waals surface area (Å²) in [5.74, 6) is 1.56. The summed E-state index contributed by atoms with van der Waals surface area (Å²) in [6.07, 6.45) is 1.90. The first-order valence-electron chi connectivity index (χ1n) is 7.16. The average Bonchev–Trinajstić information content (AvgIpc) is 2.37. The lowest BCUT2D eigenvalue weighted by molar-refractivity contribution is 0.194. The first kappa shape index (κ1) is 14.2. The highest BCUT2D eigenvalue weighted by Gasteiger charge is 2.26. The fourth-order valence-electron chi connectivity index (χ4n) is 3.15. The van der Waals surface area contributed by atoms with Crippen molar-refractivity contribution >= 4 is 5.69 Å². The molecule has 106 valence electrons. The minimum absolute atomic E-state index is 0.508. The van der Waals surface area contributed by atoms with Gasteiger partial charge in [-0.15, -0.1) is 0 Å². The summed E-state index contributed by atoms with van der Waals surface area (Å²) in [5, 5.41) is 10.1. The number of anilines is 1. The third-order valence-electron chi connectivity index (χ3n) is 4.13. The Labute approximate surface area is 116 Å². The van der Waals surface area contributed by atoms with Gasteiger partial charge in [-0.2, -0.15) is 0 Å². The zero-order valence-electron chi connectivity index (χ0n) is 12.4. The molecule has 1 aliphatic rings. The summed E-state index contributed by atoms with van der Waals surface area (Å²) in [6.45, 7) is 7.43. The summed E-state index contributed by atoms with van der Waals surface area (Å²) in [6, 6.07) is 6.53. The van der Waals surface area contributed by atoms with Gasteiger partial charge in [-0.05, 0) is 44.7 Å². The van der Waals surface area contributed by atoms with Gasteiger partial charge in [-0.1, -0.05) is 13.0 Å². The predicted molar refractivity (Wildman–Crippen MR) is 78.8 cm³/mol. The number of rotatable bonds is 3. The van der Waals surface area contributed by atoms with Crippen molar-refractivity contribution in [3.63, 3.8) is 0 Å². The van der Waals surface area contributed by atoms with Gasteiger partial charge in [0.1, 0.15) is 5.75 Å². The van der Waals surface area contributed by atoms with Crippen LogP contribution in [0.25, 0.3) is 0 Å². The van der Waals surface area contributed by atoms with E-state index in [4.69, 9.17) is 4.74 Å². The van der Waals surface area contributed by atoms with E-state index in [2.05, 4.69) is 24.8 Å². The molecule has 0 amide bonds. The van der Waals surface area contributed by atoms with E-state index in [0.29, 0.717) is 6.04 Å². The van der Waals surface area contributed by atoms with Crippen LogP contribution in [0.15, 0.2) is 18.2 Å². The molecule has 2 unspecified atom stereocenters. The lowest BCUT2D eigenvalue weighted by Crippen LogP contribution is -2.40. The molecule has 1 saturated heterocycles. The summed E-state index contributed by atoms with van der Waals surface area (Å²) < 4.78 is 5.41. The maximum absolute atomic E-state index is 10.1. The zero-order chi connectivity index (χ0) is 14.0. The third-order valence-corrected chi connectivity index (χ3v) is 4.13. The van der Waals surface area contributed by atoms with Crippen LogP contribution in [0.4, 0.5) is 5.69 Å². The second kappa shape index (κ2) is 5.83. The molecule has 1 aliphatic heterocycles. The molecule has 0 radical (unpaired) electrons. The average molecular weight is 263 g/mol. The molecule has 3 heteroatoms. The van der Waals surface area contributed by atoms with Gasteiger partial charge in [-0.3, -0.25) is 0 Å². The highest BCUT2D eigenvalue weighted by Crippen LogP contribution is 2.37. The topological polar surface area (TPSA) is 32.7 Å². The van der Waals surface area contributed by atoms with Crippen LogP contribution in [-0.4, -0.2) is 24.8 Å². The Morgan fingerprint density at radius 1 is 1.37 bits per heavy atom. The van der Waals surface area contributed by atoms with E-state index in [1.54, 1.807) is 14.0 Å². The lowest BCUT2D eigenvalue weighted by atomic mass is 9.92. The Morgan fingerprint density at radius 2 is 2.11 bits per heavy atom. The highest BCUT2D eigenvalue weighted by atomic mass is 16.5. The van der Waals surface area contributed by atoms with Crippen molar-refractivity contribution in [1.82, 2.24) is 0 Å². The van der Waals surface area contributed by atoms with Crippen LogP contribution < -0.4 is 9.64 Å². The Morgan fingerprint density at radius 3 is 2.68 bits per heavy atom. The largest absolute Gasteiger partial charge is 0.496 e. The van der Waals surface area contributed by atoms with E-state index in [9.17, 15) is 5.11 Å². The van der Waals surface area contributed by atoms with Crippen LogP contribution in [0.3, 0.4) is 0 Å². The number of ether oxygens (including phenoxy) is 1. The molecule has 3 nitrogen and oxygen atoms in total. The van der Waals surface area contributed by atoms with Crippen molar-refractivity contribution < 1.29 is 9.84 Å². The molecule has 0 saturated carbocycles. The van der Waals surface area contributed by atoms with Gasteiger partial charge in [0.15, 0.2) is 0 Å². The van der Waals surface area contributed by atoms with Crippen molar-refractivity contribution in [2.24, 2.45) is 5.92 Å². The van der Waals surface area contributed by atoms with Crippen LogP contribution in [-0.2, 0) is 0 Å². The van der Waals surface area contributed by atoms with E-state index in [0.717, 1.165) is 29.5 Å². The molecule has 0 aromatic heterocycles. The highest BCUT2D eigenvalue weighted by molar-refractivity contribution is 5.61. The Balaban J connectivity index is 2.38. The van der Waals surface area contributed by atoms with Gasteiger partial charge in [0, 0.05) is 23.8 Å². The Bertz CT molecular complexity index is 431. The molecule has 1 fully saturated rings. The second-order valence-electron chi connectivity index (χ2n) is 5.74. The first-order chi connectivity index (χ1) is 9.04. The number of aliphatic hydroxyl groups excluding tert-OH is 1. The van der Waals surface area contributed by atoms with E-state index in [1.165, 1.54) is 12.8 Å². The smallest absolute Gasteiger partial charge is 0.126 e.